The number of β-amino-alcohol motifs (C(OH)–C–C–N with tert-alkyl or cyclic N) is 1. The smallest absolute Gasteiger partial charge is 0.322 e. The van der Waals surface area contributed by atoms with E-state index in [4.69, 9.17) is 5.11 Å². The van der Waals surface area contributed by atoms with Crippen LogP contribution in [0.2, 0.25) is 0 Å². The van der Waals surface area contributed by atoms with Gasteiger partial charge in [-0.05, 0) is 6.07 Å². The van der Waals surface area contributed by atoms with Gasteiger partial charge in [-0.1, -0.05) is 0 Å². The van der Waals surface area contributed by atoms with Crippen LogP contribution in [0.3, 0.4) is 0 Å². The molecule has 1 saturated heterocycles. The summed E-state index contributed by atoms with van der Waals surface area (Å²) in [4.78, 5) is 11.1. The first kappa shape index (κ1) is 13.1. The van der Waals surface area contributed by atoms with Crippen molar-refractivity contribution in [2.45, 2.75) is 23.5 Å². The first-order chi connectivity index (χ1) is 8.32. The van der Waals surface area contributed by atoms with Gasteiger partial charge in [-0.3, -0.25) is 4.79 Å². The SMILES string of the molecule is Cn1ccc(S(=O)(=O)N2CC(O)C[C@@H]2C(=O)O)c1. The maximum atomic E-state index is 12.2. The van der Waals surface area contributed by atoms with Crippen LogP contribution in [0.15, 0.2) is 23.4 Å². The van der Waals surface area contributed by atoms with Crippen LogP contribution in [0.25, 0.3) is 0 Å². The zero-order valence-electron chi connectivity index (χ0n) is 9.72. The van der Waals surface area contributed by atoms with E-state index in [1.165, 1.54) is 12.3 Å². The first-order valence-electron chi connectivity index (χ1n) is 5.37. The van der Waals surface area contributed by atoms with Crippen molar-refractivity contribution in [3.8, 4) is 0 Å². The van der Waals surface area contributed by atoms with E-state index in [1.54, 1.807) is 17.8 Å². The molecule has 0 bridgehead atoms. The van der Waals surface area contributed by atoms with Gasteiger partial charge in [-0.2, -0.15) is 4.31 Å². The van der Waals surface area contributed by atoms with Crippen LogP contribution in [0.5, 0.6) is 0 Å². The highest BCUT2D eigenvalue weighted by Gasteiger charge is 2.43. The van der Waals surface area contributed by atoms with Gasteiger partial charge in [0.2, 0.25) is 10.0 Å². The predicted octanol–water partition coefficient (Wildman–Crippen LogP) is -0.766. The molecule has 0 amide bonds. The first-order valence-corrected chi connectivity index (χ1v) is 6.81. The second kappa shape index (κ2) is 4.38. The summed E-state index contributed by atoms with van der Waals surface area (Å²) in [5, 5.41) is 18.5. The molecule has 0 aromatic carbocycles. The zero-order chi connectivity index (χ0) is 13.5. The molecule has 1 aromatic heterocycles. The second-order valence-corrected chi connectivity index (χ2v) is 6.22. The molecule has 2 N–H and O–H groups in total. The number of sulfonamides is 1. The fraction of sp³-hybridized carbons (Fsp3) is 0.500. The van der Waals surface area contributed by atoms with Gasteiger partial charge < -0.3 is 14.8 Å². The van der Waals surface area contributed by atoms with Crippen LogP contribution >= 0.6 is 0 Å². The molecule has 0 spiro atoms. The van der Waals surface area contributed by atoms with E-state index in [9.17, 15) is 18.3 Å². The van der Waals surface area contributed by atoms with Crippen LogP contribution in [-0.2, 0) is 21.9 Å². The van der Waals surface area contributed by atoms with Crippen LogP contribution in [0, 0.1) is 0 Å². The van der Waals surface area contributed by atoms with Crippen molar-refractivity contribution < 1.29 is 23.4 Å². The lowest BCUT2D eigenvalue weighted by atomic mass is 10.2. The number of aryl methyl sites for hydroxylation is 1. The van der Waals surface area contributed by atoms with Gasteiger partial charge in [-0.25, -0.2) is 8.42 Å². The van der Waals surface area contributed by atoms with Crippen LogP contribution in [0.1, 0.15) is 6.42 Å². The van der Waals surface area contributed by atoms with Gasteiger partial charge >= 0.3 is 5.97 Å². The lowest BCUT2D eigenvalue weighted by molar-refractivity contribution is -0.140. The van der Waals surface area contributed by atoms with Gasteiger partial charge in [0, 0.05) is 32.4 Å². The average molecular weight is 274 g/mol. The summed E-state index contributed by atoms with van der Waals surface area (Å²) in [7, 11) is -2.20. The lowest BCUT2D eigenvalue weighted by Crippen LogP contribution is -2.40. The Balaban J connectivity index is 2.38. The minimum Gasteiger partial charge on any atom is -0.480 e. The maximum Gasteiger partial charge on any atom is 0.322 e. The number of aliphatic carboxylic acids is 1. The monoisotopic (exact) mass is 274 g/mol. The Labute approximate surface area is 104 Å². The normalized spacial score (nSPS) is 25.4. The van der Waals surface area contributed by atoms with Gasteiger partial charge in [0.15, 0.2) is 0 Å². The van der Waals surface area contributed by atoms with Crippen molar-refractivity contribution >= 4 is 16.0 Å². The summed E-state index contributed by atoms with van der Waals surface area (Å²) < 4.78 is 26.9. The summed E-state index contributed by atoms with van der Waals surface area (Å²) in [6.07, 6.45) is 1.94. The summed E-state index contributed by atoms with van der Waals surface area (Å²) in [5.41, 5.74) is 0. The summed E-state index contributed by atoms with van der Waals surface area (Å²) >= 11 is 0. The molecule has 1 aliphatic rings. The molecule has 0 aliphatic carbocycles. The maximum absolute atomic E-state index is 12.2. The van der Waals surface area contributed by atoms with Gasteiger partial charge in [0.1, 0.15) is 6.04 Å². The zero-order valence-corrected chi connectivity index (χ0v) is 10.5. The van der Waals surface area contributed by atoms with Crippen molar-refractivity contribution in [2.24, 2.45) is 7.05 Å². The molecule has 8 heteroatoms. The molecule has 7 nitrogen and oxygen atoms in total. The fourth-order valence-corrected chi connectivity index (χ4v) is 3.72. The summed E-state index contributed by atoms with van der Waals surface area (Å²) in [6.45, 7) is -0.186. The van der Waals surface area contributed by atoms with Crippen molar-refractivity contribution in [3.63, 3.8) is 0 Å². The van der Waals surface area contributed by atoms with E-state index >= 15 is 0 Å². The van der Waals surface area contributed by atoms with Gasteiger partial charge in [0.05, 0.1) is 11.0 Å². The van der Waals surface area contributed by atoms with Crippen molar-refractivity contribution in [1.82, 2.24) is 8.87 Å². The molecule has 2 rings (SSSR count). The number of aliphatic hydroxyl groups is 1. The summed E-state index contributed by atoms with van der Waals surface area (Å²) in [6, 6.07) is 0.198. The van der Waals surface area contributed by atoms with E-state index in [2.05, 4.69) is 0 Å². The minimum atomic E-state index is -3.87. The number of aromatic nitrogens is 1. The molecular weight excluding hydrogens is 260 g/mol. The van der Waals surface area contributed by atoms with Crippen LogP contribution in [-0.4, -0.2) is 52.2 Å². The van der Waals surface area contributed by atoms with E-state index in [1.807, 2.05) is 0 Å². The summed E-state index contributed by atoms with van der Waals surface area (Å²) in [5.74, 6) is -1.24. The number of nitrogens with zero attached hydrogens (tertiary/aromatic N) is 2. The molecule has 0 radical (unpaired) electrons. The lowest BCUT2D eigenvalue weighted by Gasteiger charge is -2.19. The molecular formula is C10H14N2O5S. The number of carboxylic acids is 1. The second-order valence-electron chi connectivity index (χ2n) is 4.33. The van der Waals surface area contributed by atoms with Crippen molar-refractivity contribution in [1.29, 1.82) is 0 Å². The Bertz CT molecular complexity index is 565. The standard InChI is InChI=1S/C10H14N2O5S/c1-11-3-2-8(6-11)18(16,17)12-5-7(13)4-9(12)10(14)15/h2-3,6-7,9,13H,4-5H2,1H3,(H,14,15)/t7?,9-/m1/s1. The average Bonchev–Trinajstić information content (AvgIpc) is 2.84. The third-order valence-corrected chi connectivity index (χ3v) is 4.79. The molecule has 1 fully saturated rings. The predicted molar refractivity (Wildman–Crippen MR) is 61.4 cm³/mol. The van der Waals surface area contributed by atoms with Crippen molar-refractivity contribution in [2.75, 3.05) is 6.54 Å². The third-order valence-electron chi connectivity index (χ3n) is 2.93. The number of hydrogen-bond donors (Lipinski definition) is 2. The van der Waals surface area contributed by atoms with E-state index < -0.39 is 28.1 Å². The Kier molecular flexibility index (Phi) is 3.18. The number of hydrogen-bond acceptors (Lipinski definition) is 4. The molecule has 2 heterocycles. The molecule has 2 atom stereocenters. The van der Waals surface area contributed by atoms with Crippen LogP contribution < -0.4 is 0 Å². The number of carboxylic acid groups (broad SMARTS) is 1. The molecule has 1 aromatic rings. The third kappa shape index (κ3) is 2.14. The molecule has 1 aliphatic heterocycles. The molecule has 100 valence electrons. The topological polar surface area (TPSA) is 99.8 Å². The largest absolute Gasteiger partial charge is 0.480 e. The number of carbonyl (C=O) groups is 1. The Morgan fingerprint density at radius 3 is 2.67 bits per heavy atom. The highest BCUT2D eigenvalue weighted by Crippen LogP contribution is 2.26. The molecule has 18 heavy (non-hydrogen) atoms. The quantitative estimate of drug-likeness (QED) is 0.754. The number of aliphatic hydroxyl groups excluding tert-OH is 1. The van der Waals surface area contributed by atoms with Gasteiger partial charge in [0.25, 0.3) is 0 Å². The Morgan fingerprint density at radius 2 is 2.17 bits per heavy atom. The fourth-order valence-electron chi connectivity index (χ4n) is 2.04. The Hall–Kier alpha value is -1.38. The highest BCUT2D eigenvalue weighted by molar-refractivity contribution is 7.89. The minimum absolute atomic E-state index is 0.0327. The molecule has 1 unspecified atom stereocenters. The van der Waals surface area contributed by atoms with Crippen LogP contribution in [0.4, 0.5) is 0 Å². The van der Waals surface area contributed by atoms with E-state index in [-0.39, 0.29) is 17.9 Å². The highest BCUT2D eigenvalue weighted by atomic mass is 32.2. The number of rotatable bonds is 3. The van der Waals surface area contributed by atoms with E-state index in [0.29, 0.717) is 0 Å². The van der Waals surface area contributed by atoms with E-state index in [0.717, 1.165) is 4.31 Å². The van der Waals surface area contributed by atoms with Crippen molar-refractivity contribution in [3.05, 3.63) is 18.5 Å². The van der Waals surface area contributed by atoms with Gasteiger partial charge in [-0.15, -0.1) is 0 Å². The Morgan fingerprint density at radius 1 is 1.50 bits per heavy atom. The molecule has 0 saturated carbocycles.